The van der Waals surface area contributed by atoms with Crippen LogP contribution in [-0.2, 0) is 0 Å². The zero-order valence-corrected chi connectivity index (χ0v) is 12.3. The van der Waals surface area contributed by atoms with Crippen LogP contribution in [0.3, 0.4) is 0 Å². The number of nitrogens with one attached hydrogen (secondary N) is 2. The number of rotatable bonds is 5. The molecule has 0 aromatic carbocycles. The van der Waals surface area contributed by atoms with Gasteiger partial charge in [0.25, 0.3) is 5.91 Å². The van der Waals surface area contributed by atoms with Crippen LogP contribution in [0.5, 0.6) is 0 Å². The van der Waals surface area contributed by atoms with Gasteiger partial charge in [0.05, 0.1) is 5.56 Å². The molecule has 1 aliphatic carbocycles. The number of carbonyl (C=O) groups excluding carboxylic acids is 1. The lowest BCUT2D eigenvalue weighted by atomic mass is 10.1. The third-order valence-electron chi connectivity index (χ3n) is 3.79. The Kier molecular flexibility index (Phi) is 5.84. The maximum Gasteiger partial charge on any atom is 0.255 e. The van der Waals surface area contributed by atoms with E-state index in [1.807, 2.05) is 12.1 Å². The largest absolute Gasteiger partial charge is 0.369 e. The van der Waals surface area contributed by atoms with Crippen molar-refractivity contribution in [1.29, 1.82) is 0 Å². The van der Waals surface area contributed by atoms with Crippen LogP contribution in [0, 0.1) is 0 Å². The second-order valence-corrected chi connectivity index (χ2v) is 5.49. The molecule has 0 spiro atoms. The molecule has 1 aromatic heterocycles. The van der Waals surface area contributed by atoms with Gasteiger partial charge in [-0.3, -0.25) is 4.79 Å². The normalized spacial score (nSPS) is 16.4. The SMILES string of the molecule is CCCNc1ncccc1C(=O)NC1CCCCCC1. The lowest BCUT2D eigenvalue weighted by Crippen LogP contribution is -2.35. The second-order valence-electron chi connectivity index (χ2n) is 5.49. The monoisotopic (exact) mass is 275 g/mol. The third kappa shape index (κ3) is 4.22. The van der Waals surface area contributed by atoms with Gasteiger partial charge < -0.3 is 10.6 Å². The van der Waals surface area contributed by atoms with Crippen molar-refractivity contribution in [2.75, 3.05) is 11.9 Å². The predicted molar refractivity (Wildman–Crippen MR) is 82.0 cm³/mol. The van der Waals surface area contributed by atoms with Crippen molar-refractivity contribution in [3.8, 4) is 0 Å². The van der Waals surface area contributed by atoms with Gasteiger partial charge in [-0.05, 0) is 31.4 Å². The zero-order chi connectivity index (χ0) is 14.2. The summed E-state index contributed by atoms with van der Waals surface area (Å²) in [5.74, 6) is 0.698. The molecule has 2 N–H and O–H groups in total. The van der Waals surface area contributed by atoms with E-state index in [-0.39, 0.29) is 5.91 Å². The third-order valence-corrected chi connectivity index (χ3v) is 3.79. The minimum Gasteiger partial charge on any atom is -0.369 e. The number of anilines is 1. The summed E-state index contributed by atoms with van der Waals surface area (Å²) in [6.07, 6.45) is 9.97. The molecule has 20 heavy (non-hydrogen) atoms. The lowest BCUT2D eigenvalue weighted by molar-refractivity contribution is 0.0934. The maximum absolute atomic E-state index is 12.4. The van der Waals surface area contributed by atoms with Gasteiger partial charge in [0.15, 0.2) is 0 Å². The fourth-order valence-corrected chi connectivity index (χ4v) is 2.66. The molecule has 0 unspecified atom stereocenters. The van der Waals surface area contributed by atoms with Crippen LogP contribution in [0.15, 0.2) is 18.3 Å². The van der Waals surface area contributed by atoms with E-state index in [1.165, 1.54) is 25.7 Å². The zero-order valence-electron chi connectivity index (χ0n) is 12.3. The number of aromatic nitrogens is 1. The molecule has 110 valence electrons. The summed E-state index contributed by atoms with van der Waals surface area (Å²) in [7, 11) is 0. The van der Waals surface area contributed by atoms with Gasteiger partial charge in [-0.2, -0.15) is 0 Å². The minimum atomic E-state index is 0.00334. The molecule has 0 radical (unpaired) electrons. The minimum absolute atomic E-state index is 0.00334. The van der Waals surface area contributed by atoms with Crippen LogP contribution in [0.2, 0.25) is 0 Å². The van der Waals surface area contributed by atoms with Gasteiger partial charge in [0, 0.05) is 18.8 Å². The first kappa shape index (κ1) is 14.8. The van der Waals surface area contributed by atoms with Crippen molar-refractivity contribution in [2.24, 2.45) is 0 Å². The Morgan fingerprint density at radius 3 is 2.75 bits per heavy atom. The van der Waals surface area contributed by atoms with E-state index in [4.69, 9.17) is 0 Å². The molecular formula is C16H25N3O. The van der Waals surface area contributed by atoms with Crippen molar-refractivity contribution >= 4 is 11.7 Å². The van der Waals surface area contributed by atoms with Gasteiger partial charge in [0.1, 0.15) is 5.82 Å². The highest BCUT2D eigenvalue weighted by Crippen LogP contribution is 2.18. The molecule has 4 heteroatoms. The Hall–Kier alpha value is -1.58. The van der Waals surface area contributed by atoms with Crippen molar-refractivity contribution in [3.63, 3.8) is 0 Å². The molecule has 0 aliphatic heterocycles. The molecule has 2 rings (SSSR count). The van der Waals surface area contributed by atoms with E-state index in [2.05, 4.69) is 22.5 Å². The van der Waals surface area contributed by atoms with Crippen LogP contribution >= 0.6 is 0 Å². The molecule has 1 heterocycles. The number of hydrogen-bond donors (Lipinski definition) is 2. The first-order chi connectivity index (χ1) is 9.81. The molecule has 1 saturated carbocycles. The average molecular weight is 275 g/mol. The highest BCUT2D eigenvalue weighted by Gasteiger charge is 2.18. The quantitative estimate of drug-likeness (QED) is 0.810. The van der Waals surface area contributed by atoms with Crippen molar-refractivity contribution in [2.45, 2.75) is 57.9 Å². The summed E-state index contributed by atoms with van der Waals surface area (Å²) in [6.45, 7) is 2.93. The topological polar surface area (TPSA) is 54.0 Å². The molecule has 1 aliphatic rings. The molecule has 0 saturated heterocycles. The molecular weight excluding hydrogens is 250 g/mol. The second kappa shape index (κ2) is 7.88. The molecule has 4 nitrogen and oxygen atoms in total. The number of amides is 1. The smallest absolute Gasteiger partial charge is 0.255 e. The standard InChI is InChI=1S/C16H25N3O/c1-2-11-17-15-14(10-7-12-18-15)16(20)19-13-8-5-3-4-6-9-13/h7,10,12-13H,2-6,8-9,11H2,1H3,(H,17,18)(H,19,20). The van der Waals surface area contributed by atoms with E-state index in [9.17, 15) is 4.79 Å². The fourth-order valence-electron chi connectivity index (χ4n) is 2.66. The Balaban J connectivity index is 2.00. The molecule has 0 bridgehead atoms. The van der Waals surface area contributed by atoms with Gasteiger partial charge in [-0.15, -0.1) is 0 Å². The first-order valence-corrected chi connectivity index (χ1v) is 7.81. The Bertz CT molecular complexity index is 425. The summed E-state index contributed by atoms with van der Waals surface area (Å²) < 4.78 is 0. The van der Waals surface area contributed by atoms with E-state index in [0.29, 0.717) is 17.4 Å². The van der Waals surface area contributed by atoms with Gasteiger partial charge in [-0.25, -0.2) is 4.98 Å². The van der Waals surface area contributed by atoms with Crippen LogP contribution in [0.1, 0.15) is 62.2 Å². The van der Waals surface area contributed by atoms with Crippen molar-refractivity contribution in [3.05, 3.63) is 23.9 Å². The molecule has 0 atom stereocenters. The summed E-state index contributed by atoms with van der Waals surface area (Å²) in [5, 5.41) is 6.39. The summed E-state index contributed by atoms with van der Waals surface area (Å²) in [5.41, 5.74) is 0.658. The van der Waals surface area contributed by atoms with Crippen molar-refractivity contribution < 1.29 is 4.79 Å². The molecule has 1 amide bonds. The number of carbonyl (C=O) groups is 1. The Morgan fingerprint density at radius 2 is 2.05 bits per heavy atom. The van der Waals surface area contributed by atoms with Crippen LogP contribution in [0.25, 0.3) is 0 Å². The highest BCUT2D eigenvalue weighted by molar-refractivity contribution is 5.98. The van der Waals surface area contributed by atoms with Crippen LogP contribution in [0.4, 0.5) is 5.82 Å². The van der Waals surface area contributed by atoms with E-state index in [0.717, 1.165) is 25.8 Å². The maximum atomic E-state index is 12.4. The number of pyridine rings is 1. The molecule has 1 fully saturated rings. The van der Waals surface area contributed by atoms with E-state index >= 15 is 0 Å². The number of hydrogen-bond acceptors (Lipinski definition) is 3. The van der Waals surface area contributed by atoms with Gasteiger partial charge >= 0.3 is 0 Å². The fraction of sp³-hybridized carbons (Fsp3) is 0.625. The predicted octanol–water partition coefficient (Wildman–Crippen LogP) is 3.36. The van der Waals surface area contributed by atoms with Crippen LogP contribution < -0.4 is 10.6 Å². The Morgan fingerprint density at radius 1 is 1.30 bits per heavy atom. The van der Waals surface area contributed by atoms with Crippen molar-refractivity contribution in [1.82, 2.24) is 10.3 Å². The highest BCUT2D eigenvalue weighted by atomic mass is 16.1. The number of nitrogens with zero attached hydrogens (tertiary/aromatic N) is 1. The van der Waals surface area contributed by atoms with E-state index < -0.39 is 0 Å². The van der Waals surface area contributed by atoms with E-state index in [1.54, 1.807) is 6.20 Å². The summed E-state index contributed by atoms with van der Waals surface area (Å²) in [4.78, 5) is 16.7. The van der Waals surface area contributed by atoms with Gasteiger partial charge in [0.2, 0.25) is 0 Å². The molecule has 1 aromatic rings. The Labute approximate surface area is 121 Å². The van der Waals surface area contributed by atoms with Gasteiger partial charge in [-0.1, -0.05) is 32.6 Å². The summed E-state index contributed by atoms with van der Waals surface area (Å²) >= 11 is 0. The lowest BCUT2D eigenvalue weighted by Gasteiger charge is -2.17. The summed E-state index contributed by atoms with van der Waals surface area (Å²) in [6, 6.07) is 3.99. The first-order valence-electron chi connectivity index (χ1n) is 7.81. The van der Waals surface area contributed by atoms with Crippen LogP contribution in [-0.4, -0.2) is 23.5 Å². The average Bonchev–Trinajstić information content (AvgIpc) is 2.74.